The first-order valence-corrected chi connectivity index (χ1v) is 8.06. The van der Waals surface area contributed by atoms with Crippen LogP contribution in [0.5, 0.6) is 5.75 Å². The third-order valence-electron chi connectivity index (χ3n) is 4.02. The van der Waals surface area contributed by atoms with Crippen molar-refractivity contribution in [1.29, 1.82) is 0 Å². The third-order valence-corrected chi connectivity index (χ3v) is 4.02. The Morgan fingerprint density at radius 1 is 1.09 bits per heavy atom. The van der Waals surface area contributed by atoms with E-state index in [4.69, 9.17) is 10.5 Å². The minimum atomic E-state index is -0.0892. The Kier molecular flexibility index (Phi) is 4.93. The second-order valence-electron chi connectivity index (χ2n) is 5.87. The predicted octanol–water partition coefficient (Wildman–Crippen LogP) is 2.76. The van der Waals surface area contributed by atoms with Crippen LogP contribution < -0.4 is 15.4 Å². The minimum Gasteiger partial charge on any atom is -0.491 e. The highest BCUT2D eigenvalue weighted by Gasteiger charge is 2.29. The molecule has 2 aromatic carbocycles. The third kappa shape index (κ3) is 3.90. The second kappa shape index (κ2) is 7.29. The van der Waals surface area contributed by atoms with Crippen LogP contribution in [-0.4, -0.2) is 25.1 Å². The largest absolute Gasteiger partial charge is 0.491 e. The van der Waals surface area contributed by atoms with E-state index in [0.717, 1.165) is 24.3 Å². The molecule has 2 N–H and O–H groups in total. The fraction of sp³-hybridized carbons (Fsp3) is 0.316. The molecule has 0 spiro atoms. The van der Waals surface area contributed by atoms with Crippen LogP contribution in [0.2, 0.25) is 0 Å². The van der Waals surface area contributed by atoms with Gasteiger partial charge in [0.1, 0.15) is 5.75 Å². The van der Waals surface area contributed by atoms with Crippen LogP contribution in [0.4, 0.5) is 5.69 Å². The van der Waals surface area contributed by atoms with Gasteiger partial charge in [0.2, 0.25) is 5.91 Å². The lowest BCUT2D eigenvalue weighted by molar-refractivity contribution is -0.117. The molecule has 0 aromatic heterocycles. The molecule has 1 aliphatic heterocycles. The van der Waals surface area contributed by atoms with Gasteiger partial charge in [-0.15, -0.1) is 0 Å². The van der Waals surface area contributed by atoms with E-state index >= 15 is 0 Å². The minimum absolute atomic E-state index is 0.0674. The van der Waals surface area contributed by atoms with Crippen LogP contribution in [-0.2, 0) is 11.2 Å². The monoisotopic (exact) mass is 310 g/mol. The lowest BCUT2D eigenvalue weighted by Gasteiger charge is -2.20. The summed E-state index contributed by atoms with van der Waals surface area (Å²) in [6.07, 6.45) is 2.32. The van der Waals surface area contributed by atoms with E-state index in [1.54, 1.807) is 4.90 Å². The van der Waals surface area contributed by atoms with Crippen LogP contribution in [0.3, 0.4) is 0 Å². The van der Waals surface area contributed by atoms with Gasteiger partial charge in [0, 0.05) is 19.0 Å². The summed E-state index contributed by atoms with van der Waals surface area (Å²) in [5.41, 5.74) is 8.02. The number of hydrogen-bond acceptors (Lipinski definition) is 3. The van der Waals surface area contributed by atoms with Crippen LogP contribution in [0.15, 0.2) is 54.6 Å². The van der Waals surface area contributed by atoms with Gasteiger partial charge >= 0.3 is 0 Å². The molecule has 4 nitrogen and oxygen atoms in total. The van der Waals surface area contributed by atoms with Crippen molar-refractivity contribution in [1.82, 2.24) is 0 Å². The number of para-hydroxylation sites is 2. The fourth-order valence-corrected chi connectivity index (χ4v) is 2.87. The Hall–Kier alpha value is -2.33. The van der Waals surface area contributed by atoms with Crippen molar-refractivity contribution in [2.45, 2.75) is 25.3 Å². The lowest BCUT2D eigenvalue weighted by atomic mass is 10.1. The van der Waals surface area contributed by atoms with Gasteiger partial charge in [-0.3, -0.25) is 4.79 Å². The molecule has 0 saturated carbocycles. The topological polar surface area (TPSA) is 55.6 Å². The highest BCUT2D eigenvalue weighted by atomic mass is 16.5. The summed E-state index contributed by atoms with van der Waals surface area (Å²) in [4.78, 5) is 13.8. The molecule has 1 aliphatic rings. The van der Waals surface area contributed by atoms with Gasteiger partial charge in [0.25, 0.3) is 0 Å². The molecule has 1 heterocycles. The average Bonchev–Trinajstić information content (AvgIpc) is 2.91. The summed E-state index contributed by atoms with van der Waals surface area (Å²) >= 11 is 0. The number of nitrogens with two attached hydrogens (primary N) is 1. The fourth-order valence-electron chi connectivity index (χ4n) is 2.87. The zero-order valence-electron chi connectivity index (χ0n) is 13.2. The molecule has 23 heavy (non-hydrogen) atoms. The number of nitrogens with zero attached hydrogens (tertiary/aromatic N) is 1. The van der Waals surface area contributed by atoms with Gasteiger partial charge in [-0.2, -0.15) is 0 Å². The zero-order chi connectivity index (χ0) is 16.1. The Labute approximate surface area is 136 Å². The summed E-state index contributed by atoms with van der Waals surface area (Å²) in [6, 6.07) is 18.0. The summed E-state index contributed by atoms with van der Waals surface area (Å²) in [6.45, 7) is 1.18. The second-order valence-corrected chi connectivity index (χ2v) is 5.87. The zero-order valence-corrected chi connectivity index (χ0v) is 13.2. The molecule has 0 aliphatic carbocycles. The maximum atomic E-state index is 12.0. The molecule has 0 radical (unpaired) electrons. The Bertz CT molecular complexity index is 657. The maximum absolute atomic E-state index is 12.0. The number of hydrogen-bond donors (Lipinski definition) is 1. The van der Waals surface area contributed by atoms with Crippen molar-refractivity contribution in [2.75, 3.05) is 18.1 Å². The standard InChI is InChI=1S/C19H22N2O2/c20-16-13-19(22)21(14-16)17-10-4-5-11-18(17)23-12-6-9-15-7-2-1-3-8-15/h1-5,7-8,10-11,16H,6,9,12-14,20H2. The highest BCUT2D eigenvalue weighted by molar-refractivity contribution is 5.97. The smallest absolute Gasteiger partial charge is 0.228 e. The first-order valence-electron chi connectivity index (χ1n) is 8.06. The number of rotatable bonds is 6. The molecule has 1 unspecified atom stereocenters. The Morgan fingerprint density at radius 2 is 1.83 bits per heavy atom. The SMILES string of the molecule is NC1CC(=O)N(c2ccccc2OCCCc2ccccc2)C1. The molecule has 0 bridgehead atoms. The van der Waals surface area contributed by atoms with E-state index in [-0.39, 0.29) is 11.9 Å². The first kappa shape index (κ1) is 15.6. The van der Waals surface area contributed by atoms with Crippen LogP contribution in [0.25, 0.3) is 0 Å². The van der Waals surface area contributed by atoms with Crippen LogP contribution in [0, 0.1) is 0 Å². The molecule has 1 atom stereocenters. The van der Waals surface area contributed by atoms with Gasteiger partial charge in [0.15, 0.2) is 0 Å². The first-order chi connectivity index (χ1) is 11.2. The molecule has 4 heteroatoms. The number of aryl methyl sites for hydroxylation is 1. The molecular weight excluding hydrogens is 288 g/mol. The summed E-state index contributed by atoms with van der Waals surface area (Å²) in [7, 11) is 0. The van der Waals surface area contributed by atoms with Gasteiger partial charge < -0.3 is 15.4 Å². The Balaban J connectivity index is 1.59. The van der Waals surface area contributed by atoms with Gasteiger partial charge in [-0.1, -0.05) is 42.5 Å². The predicted molar refractivity (Wildman–Crippen MR) is 91.6 cm³/mol. The number of amides is 1. The van der Waals surface area contributed by atoms with E-state index < -0.39 is 0 Å². The number of anilines is 1. The molecule has 1 saturated heterocycles. The van der Waals surface area contributed by atoms with Crippen molar-refractivity contribution in [3.63, 3.8) is 0 Å². The lowest BCUT2D eigenvalue weighted by Crippen LogP contribution is -2.28. The average molecular weight is 310 g/mol. The van der Waals surface area contributed by atoms with E-state index in [1.165, 1.54) is 5.56 Å². The molecule has 3 rings (SSSR count). The molecule has 1 fully saturated rings. The van der Waals surface area contributed by atoms with Crippen molar-refractivity contribution < 1.29 is 9.53 Å². The maximum Gasteiger partial charge on any atom is 0.228 e. The van der Waals surface area contributed by atoms with Gasteiger partial charge in [-0.05, 0) is 30.5 Å². The van der Waals surface area contributed by atoms with Crippen molar-refractivity contribution in [3.05, 3.63) is 60.2 Å². The number of benzene rings is 2. The summed E-state index contributed by atoms with van der Waals surface area (Å²) < 4.78 is 5.92. The number of carbonyl (C=O) groups excluding carboxylic acids is 1. The quantitative estimate of drug-likeness (QED) is 0.835. The molecule has 2 aromatic rings. The van der Waals surface area contributed by atoms with Gasteiger partial charge in [0.05, 0.1) is 12.3 Å². The van der Waals surface area contributed by atoms with Gasteiger partial charge in [-0.25, -0.2) is 0 Å². The van der Waals surface area contributed by atoms with E-state index in [0.29, 0.717) is 19.6 Å². The van der Waals surface area contributed by atoms with E-state index in [1.807, 2.05) is 42.5 Å². The Morgan fingerprint density at radius 3 is 2.57 bits per heavy atom. The van der Waals surface area contributed by atoms with Crippen LogP contribution >= 0.6 is 0 Å². The van der Waals surface area contributed by atoms with Crippen molar-refractivity contribution in [3.8, 4) is 5.75 Å². The van der Waals surface area contributed by atoms with Crippen molar-refractivity contribution >= 4 is 11.6 Å². The van der Waals surface area contributed by atoms with E-state index in [2.05, 4.69) is 12.1 Å². The van der Waals surface area contributed by atoms with E-state index in [9.17, 15) is 4.79 Å². The molecular formula is C19H22N2O2. The van der Waals surface area contributed by atoms with Crippen molar-refractivity contribution in [2.24, 2.45) is 5.73 Å². The number of ether oxygens (including phenoxy) is 1. The normalized spacial score (nSPS) is 17.5. The summed E-state index contributed by atoms with van der Waals surface area (Å²) in [5.74, 6) is 0.820. The summed E-state index contributed by atoms with van der Waals surface area (Å²) in [5, 5.41) is 0. The highest BCUT2D eigenvalue weighted by Crippen LogP contribution is 2.31. The van der Waals surface area contributed by atoms with Crippen LogP contribution in [0.1, 0.15) is 18.4 Å². The molecule has 120 valence electrons. The number of carbonyl (C=O) groups is 1. The molecule has 1 amide bonds.